The van der Waals surface area contributed by atoms with Crippen molar-refractivity contribution in [3.63, 3.8) is 0 Å². The molecule has 0 aliphatic rings. The van der Waals surface area contributed by atoms with Crippen molar-refractivity contribution in [1.29, 1.82) is 0 Å². The van der Waals surface area contributed by atoms with Crippen LogP contribution in [0, 0.1) is 0 Å². The molecule has 0 saturated heterocycles. The van der Waals surface area contributed by atoms with Crippen molar-refractivity contribution in [2.45, 2.75) is 24.6 Å². The molecule has 0 saturated carbocycles. The average molecular weight is 393 g/mol. The van der Waals surface area contributed by atoms with Crippen molar-refractivity contribution in [2.24, 2.45) is 0 Å². The van der Waals surface area contributed by atoms with Gasteiger partial charge in [0.2, 0.25) is 5.75 Å². The summed E-state index contributed by atoms with van der Waals surface area (Å²) >= 11 is 0. The lowest BCUT2D eigenvalue weighted by atomic mass is 10.1. The topological polar surface area (TPSA) is 56.8 Å². The smallest absolute Gasteiger partial charge is 0.460 e. The van der Waals surface area contributed by atoms with E-state index in [0.29, 0.717) is 0 Å². The SMILES string of the molecule is COc1cc(CNC(=O)C(F)(F)C(F)(F)C(F)(F)F)cc(OC)c1OC. The number of halogens is 7. The van der Waals surface area contributed by atoms with E-state index in [4.69, 9.17) is 14.2 Å². The van der Waals surface area contributed by atoms with Gasteiger partial charge in [0.1, 0.15) is 0 Å². The summed E-state index contributed by atoms with van der Waals surface area (Å²) in [4.78, 5) is 11.2. The molecule has 5 nitrogen and oxygen atoms in total. The van der Waals surface area contributed by atoms with E-state index in [2.05, 4.69) is 0 Å². The third-order valence-corrected chi connectivity index (χ3v) is 3.21. The molecule has 12 heteroatoms. The lowest BCUT2D eigenvalue weighted by Gasteiger charge is -2.27. The van der Waals surface area contributed by atoms with E-state index in [1.54, 1.807) is 0 Å². The molecule has 0 aliphatic carbocycles. The van der Waals surface area contributed by atoms with Gasteiger partial charge in [0.05, 0.1) is 21.3 Å². The van der Waals surface area contributed by atoms with Crippen LogP contribution in [-0.4, -0.2) is 45.3 Å². The Morgan fingerprint density at radius 2 is 1.38 bits per heavy atom. The number of ether oxygens (including phenoxy) is 3. The molecule has 0 atom stereocenters. The van der Waals surface area contributed by atoms with Crippen LogP contribution in [0.1, 0.15) is 5.56 Å². The third kappa shape index (κ3) is 3.88. The average Bonchev–Trinajstić information content (AvgIpc) is 2.57. The molecular formula is C14H14F7NO4. The van der Waals surface area contributed by atoms with Gasteiger partial charge in [-0.15, -0.1) is 0 Å². The van der Waals surface area contributed by atoms with Crippen LogP contribution in [0.25, 0.3) is 0 Å². The maximum Gasteiger partial charge on any atom is 0.460 e. The molecule has 0 bridgehead atoms. The molecule has 0 radical (unpaired) electrons. The second kappa shape index (κ2) is 7.46. The quantitative estimate of drug-likeness (QED) is 0.724. The molecule has 0 unspecified atom stereocenters. The predicted octanol–water partition coefficient (Wildman–Crippen LogP) is 3.16. The molecule has 1 amide bonds. The van der Waals surface area contributed by atoms with E-state index >= 15 is 0 Å². The van der Waals surface area contributed by atoms with Gasteiger partial charge in [-0.25, -0.2) is 0 Å². The first kappa shape index (κ1) is 21.6. The largest absolute Gasteiger partial charge is 0.493 e. The highest BCUT2D eigenvalue weighted by Crippen LogP contribution is 2.46. The first-order valence-corrected chi connectivity index (χ1v) is 6.73. The highest BCUT2D eigenvalue weighted by molar-refractivity contribution is 5.84. The van der Waals surface area contributed by atoms with Crippen LogP contribution < -0.4 is 19.5 Å². The monoisotopic (exact) mass is 393 g/mol. The normalized spacial score (nSPS) is 12.5. The van der Waals surface area contributed by atoms with Crippen LogP contribution in [-0.2, 0) is 11.3 Å². The van der Waals surface area contributed by atoms with Crippen molar-refractivity contribution < 1.29 is 49.7 Å². The minimum absolute atomic E-state index is 0.0268. The summed E-state index contributed by atoms with van der Waals surface area (Å²) in [6.07, 6.45) is -6.60. The lowest BCUT2D eigenvalue weighted by Crippen LogP contribution is -2.59. The van der Waals surface area contributed by atoms with Gasteiger partial charge in [0.15, 0.2) is 11.5 Å². The first-order valence-electron chi connectivity index (χ1n) is 6.73. The second-order valence-corrected chi connectivity index (χ2v) is 4.86. The number of carbonyl (C=O) groups excluding carboxylic acids is 1. The summed E-state index contributed by atoms with van der Waals surface area (Å²) in [5.74, 6) is -15.1. The maximum absolute atomic E-state index is 13.3. The van der Waals surface area contributed by atoms with E-state index < -0.39 is 30.5 Å². The van der Waals surface area contributed by atoms with E-state index in [1.165, 1.54) is 38.8 Å². The Labute approximate surface area is 143 Å². The maximum atomic E-state index is 13.3. The number of rotatable bonds is 7. The number of amides is 1. The highest BCUT2D eigenvalue weighted by Gasteiger charge is 2.76. The number of carbonyl (C=O) groups is 1. The number of methoxy groups -OCH3 is 3. The second-order valence-electron chi connectivity index (χ2n) is 4.86. The van der Waals surface area contributed by atoms with Crippen molar-refractivity contribution in [3.05, 3.63) is 17.7 Å². The zero-order chi connectivity index (χ0) is 20.3. The molecule has 1 rings (SSSR count). The number of benzene rings is 1. The van der Waals surface area contributed by atoms with Gasteiger partial charge < -0.3 is 19.5 Å². The summed E-state index contributed by atoms with van der Waals surface area (Å²) in [7, 11) is 3.75. The van der Waals surface area contributed by atoms with Gasteiger partial charge in [-0.1, -0.05) is 0 Å². The van der Waals surface area contributed by atoms with E-state index in [1.807, 2.05) is 0 Å². The van der Waals surface area contributed by atoms with Crippen molar-refractivity contribution >= 4 is 5.91 Å². The Bertz CT molecular complexity index is 636. The number of hydrogen-bond donors (Lipinski definition) is 1. The van der Waals surface area contributed by atoms with E-state index in [-0.39, 0.29) is 22.8 Å². The zero-order valence-electron chi connectivity index (χ0n) is 13.6. The van der Waals surface area contributed by atoms with Crippen LogP contribution >= 0.6 is 0 Å². The minimum Gasteiger partial charge on any atom is -0.493 e. The first-order chi connectivity index (χ1) is 11.8. The Morgan fingerprint density at radius 3 is 1.73 bits per heavy atom. The van der Waals surface area contributed by atoms with E-state index in [0.717, 1.165) is 0 Å². The molecule has 0 heterocycles. The number of nitrogens with one attached hydrogen (secondary N) is 1. The van der Waals surface area contributed by atoms with Gasteiger partial charge >= 0.3 is 18.0 Å². The summed E-state index contributed by atoms with van der Waals surface area (Å²) in [6, 6.07) is 2.39. The molecule has 0 aromatic heterocycles. The van der Waals surface area contributed by atoms with Gasteiger partial charge in [0, 0.05) is 6.54 Å². The number of hydrogen-bond acceptors (Lipinski definition) is 4. The van der Waals surface area contributed by atoms with Gasteiger partial charge in [-0.3, -0.25) is 4.79 Å². The molecule has 26 heavy (non-hydrogen) atoms. The minimum atomic E-state index is -6.60. The fourth-order valence-corrected chi connectivity index (χ4v) is 1.85. The van der Waals surface area contributed by atoms with Crippen molar-refractivity contribution in [3.8, 4) is 17.2 Å². The van der Waals surface area contributed by atoms with Gasteiger partial charge in [0.25, 0.3) is 5.91 Å². The Kier molecular flexibility index (Phi) is 6.21. The predicted molar refractivity (Wildman–Crippen MR) is 73.9 cm³/mol. The lowest BCUT2D eigenvalue weighted by molar-refractivity contribution is -0.344. The summed E-state index contributed by atoms with van der Waals surface area (Å²) < 4.78 is 103. The van der Waals surface area contributed by atoms with E-state index in [9.17, 15) is 35.5 Å². The van der Waals surface area contributed by atoms with Crippen LogP contribution in [0.2, 0.25) is 0 Å². The van der Waals surface area contributed by atoms with Gasteiger partial charge in [-0.05, 0) is 17.7 Å². The standard InChI is InChI=1S/C14H14F7NO4/c1-24-8-4-7(5-9(25-2)10(8)26-3)6-22-11(23)12(15,16)13(17,18)14(19,20)21/h4-5H,6H2,1-3H3,(H,22,23). The Balaban J connectivity index is 3.04. The summed E-state index contributed by atoms with van der Waals surface area (Å²) in [5.41, 5.74) is 0.0268. The van der Waals surface area contributed by atoms with Crippen molar-refractivity contribution in [2.75, 3.05) is 21.3 Å². The summed E-state index contributed by atoms with van der Waals surface area (Å²) in [6.45, 7) is -0.793. The molecule has 1 N–H and O–H groups in total. The van der Waals surface area contributed by atoms with Crippen LogP contribution in [0.4, 0.5) is 30.7 Å². The summed E-state index contributed by atoms with van der Waals surface area (Å²) in [5, 5.41) is 1.34. The number of alkyl halides is 7. The molecule has 0 aliphatic heterocycles. The molecular weight excluding hydrogens is 379 g/mol. The fraction of sp³-hybridized carbons (Fsp3) is 0.500. The Morgan fingerprint density at radius 1 is 0.923 bits per heavy atom. The Hall–Kier alpha value is -2.40. The molecule has 0 spiro atoms. The third-order valence-electron chi connectivity index (χ3n) is 3.21. The van der Waals surface area contributed by atoms with Crippen LogP contribution in [0.15, 0.2) is 12.1 Å². The van der Waals surface area contributed by atoms with Crippen LogP contribution in [0.3, 0.4) is 0 Å². The molecule has 1 aromatic carbocycles. The van der Waals surface area contributed by atoms with Gasteiger partial charge in [-0.2, -0.15) is 30.7 Å². The highest BCUT2D eigenvalue weighted by atomic mass is 19.4. The molecule has 1 aromatic rings. The van der Waals surface area contributed by atoms with Crippen LogP contribution in [0.5, 0.6) is 17.2 Å². The van der Waals surface area contributed by atoms with Crippen molar-refractivity contribution in [1.82, 2.24) is 5.32 Å². The fourth-order valence-electron chi connectivity index (χ4n) is 1.85. The molecule has 0 fully saturated rings. The molecule has 148 valence electrons. The zero-order valence-corrected chi connectivity index (χ0v) is 13.6.